The standard InChI is InChI=1S/C10H21NO4S/c1-7(2)8(9(12)13)11-16(14,15)6-10(3,4)5/h7-8,11H,6H2,1-5H3,(H,12,13)/t8-/m1/s1. The van der Waals surface area contributed by atoms with Crippen molar-refractivity contribution < 1.29 is 18.3 Å². The zero-order valence-corrected chi connectivity index (χ0v) is 11.3. The van der Waals surface area contributed by atoms with Crippen LogP contribution in [-0.4, -0.2) is 31.3 Å². The van der Waals surface area contributed by atoms with Crippen LogP contribution in [0.15, 0.2) is 0 Å². The van der Waals surface area contributed by atoms with Crippen LogP contribution in [0.25, 0.3) is 0 Å². The topological polar surface area (TPSA) is 83.5 Å². The molecular formula is C10H21NO4S. The fraction of sp³-hybridized carbons (Fsp3) is 0.900. The highest BCUT2D eigenvalue weighted by atomic mass is 32.2. The molecule has 0 aromatic heterocycles. The summed E-state index contributed by atoms with van der Waals surface area (Å²) < 4.78 is 25.6. The van der Waals surface area contributed by atoms with Crippen LogP contribution >= 0.6 is 0 Å². The molecule has 2 N–H and O–H groups in total. The van der Waals surface area contributed by atoms with Gasteiger partial charge in [0.25, 0.3) is 0 Å². The SMILES string of the molecule is CC(C)[C@@H](NS(=O)(=O)CC(C)(C)C)C(=O)O. The summed E-state index contributed by atoms with van der Waals surface area (Å²) in [5.74, 6) is -1.52. The minimum absolute atomic E-state index is 0.0868. The highest BCUT2D eigenvalue weighted by molar-refractivity contribution is 7.89. The molecule has 0 saturated carbocycles. The molecule has 0 aromatic carbocycles. The second-order valence-electron chi connectivity index (χ2n) is 5.50. The smallest absolute Gasteiger partial charge is 0.321 e. The molecule has 0 aromatic rings. The Bertz CT molecular complexity index is 340. The van der Waals surface area contributed by atoms with Gasteiger partial charge in [0, 0.05) is 0 Å². The number of nitrogens with one attached hydrogen (secondary N) is 1. The highest BCUT2D eigenvalue weighted by Crippen LogP contribution is 2.16. The first-order valence-electron chi connectivity index (χ1n) is 5.17. The summed E-state index contributed by atoms with van der Waals surface area (Å²) in [5, 5.41) is 8.88. The molecular weight excluding hydrogens is 230 g/mol. The van der Waals surface area contributed by atoms with Crippen molar-refractivity contribution in [2.45, 2.75) is 40.7 Å². The van der Waals surface area contributed by atoms with E-state index in [0.717, 1.165) is 0 Å². The van der Waals surface area contributed by atoms with Gasteiger partial charge in [0.15, 0.2) is 0 Å². The number of hydrogen-bond donors (Lipinski definition) is 2. The summed E-state index contributed by atoms with van der Waals surface area (Å²) in [6, 6.07) is -1.06. The lowest BCUT2D eigenvalue weighted by atomic mass is 10.0. The van der Waals surface area contributed by atoms with Gasteiger partial charge in [-0.2, -0.15) is 0 Å². The van der Waals surface area contributed by atoms with Crippen molar-refractivity contribution in [3.05, 3.63) is 0 Å². The molecule has 0 fully saturated rings. The molecule has 0 aliphatic rings. The molecule has 0 aliphatic heterocycles. The van der Waals surface area contributed by atoms with Crippen LogP contribution in [0.3, 0.4) is 0 Å². The van der Waals surface area contributed by atoms with Gasteiger partial charge in [-0.25, -0.2) is 13.1 Å². The molecule has 0 saturated heterocycles. The van der Waals surface area contributed by atoms with Crippen LogP contribution < -0.4 is 4.72 Å². The quantitative estimate of drug-likeness (QED) is 0.765. The van der Waals surface area contributed by atoms with Gasteiger partial charge >= 0.3 is 5.97 Å². The molecule has 6 heteroatoms. The Morgan fingerprint density at radius 1 is 1.31 bits per heavy atom. The molecule has 0 spiro atoms. The number of rotatable bonds is 5. The maximum atomic E-state index is 11.7. The molecule has 0 amide bonds. The summed E-state index contributed by atoms with van der Waals surface area (Å²) in [7, 11) is -3.56. The molecule has 0 radical (unpaired) electrons. The van der Waals surface area contributed by atoms with Gasteiger partial charge < -0.3 is 5.11 Å². The van der Waals surface area contributed by atoms with Crippen molar-refractivity contribution in [2.75, 3.05) is 5.75 Å². The number of aliphatic carboxylic acids is 1. The number of hydrogen-bond acceptors (Lipinski definition) is 3. The van der Waals surface area contributed by atoms with Gasteiger partial charge in [-0.05, 0) is 11.3 Å². The summed E-state index contributed by atoms with van der Waals surface area (Å²) in [6.45, 7) is 8.70. The van der Waals surface area contributed by atoms with Gasteiger partial charge in [-0.1, -0.05) is 34.6 Å². The Morgan fingerprint density at radius 3 is 2.00 bits per heavy atom. The summed E-state index contributed by atoms with van der Waals surface area (Å²) in [6.07, 6.45) is 0. The van der Waals surface area contributed by atoms with Gasteiger partial charge in [0.05, 0.1) is 5.75 Å². The molecule has 0 bridgehead atoms. The van der Waals surface area contributed by atoms with Gasteiger partial charge in [-0.3, -0.25) is 4.79 Å². The Morgan fingerprint density at radius 2 is 1.75 bits per heavy atom. The van der Waals surface area contributed by atoms with Gasteiger partial charge in [-0.15, -0.1) is 0 Å². The van der Waals surface area contributed by atoms with E-state index in [-0.39, 0.29) is 11.7 Å². The molecule has 5 nitrogen and oxygen atoms in total. The van der Waals surface area contributed by atoms with Gasteiger partial charge in [0.2, 0.25) is 10.0 Å². The summed E-state index contributed by atoms with van der Waals surface area (Å²) in [4.78, 5) is 10.9. The van der Waals surface area contributed by atoms with Crippen molar-refractivity contribution in [2.24, 2.45) is 11.3 Å². The van der Waals surface area contributed by atoms with E-state index in [1.165, 1.54) is 0 Å². The maximum Gasteiger partial charge on any atom is 0.321 e. The zero-order valence-electron chi connectivity index (χ0n) is 10.4. The number of carbonyl (C=O) groups is 1. The normalized spacial score (nSPS) is 15.1. The van der Waals surface area contributed by atoms with Crippen LogP contribution in [0.4, 0.5) is 0 Å². The second-order valence-corrected chi connectivity index (χ2v) is 7.25. The maximum absolute atomic E-state index is 11.7. The predicted octanol–water partition coefficient (Wildman–Crippen LogP) is 1.06. The van der Waals surface area contributed by atoms with Crippen molar-refractivity contribution in [1.82, 2.24) is 4.72 Å². The van der Waals surface area contributed by atoms with E-state index in [0.29, 0.717) is 0 Å². The Balaban J connectivity index is 4.75. The number of carboxylic acid groups (broad SMARTS) is 1. The first kappa shape index (κ1) is 15.4. The van der Waals surface area contributed by atoms with E-state index < -0.39 is 27.4 Å². The van der Waals surface area contributed by atoms with Crippen LogP contribution in [-0.2, 0) is 14.8 Å². The first-order valence-corrected chi connectivity index (χ1v) is 6.83. The van der Waals surface area contributed by atoms with E-state index in [9.17, 15) is 13.2 Å². The van der Waals surface area contributed by atoms with Crippen LogP contribution in [0.2, 0.25) is 0 Å². The summed E-state index contributed by atoms with van der Waals surface area (Å²) in [5.41, 5.74) is -0.397. The lowest BCUT2D eigenvalue weighted by Crippen LogP contribution is -2.46. The monoisotopic (exact) mass is 251 g/mol. The van der Waals surface area contributed by atoms with E-state index in [2.05, 4.69) is 4.72 Å². The largest absolute Gasteiger partial charge is 0.480 e. The number of carboxylic acids is 1. The molecule has 0 rings (SSSR count). The molecule has 0 aliphatic carbocycles. The highest BCUT2D eigenvalue weighted by Gasteiger charge is 2.29. The zero-order chi connectivity index (χ0) is 13.1. The lowest BCUT2D eigenvalue weighted by Gasteiger charge is -2.22. The molecule has 96 valence electrons. The molecule has 1 atom stereocenters. The van der Waals surface area contributed by atoms with Crippen LogP contribution in [0.5, 0.6) is 0 Å². The average molecular weight is 251 g/mol. The van der Waals surface area contributed by atoms with Crippen molar-refractivity contribution >= 4 is 16.0 Å². The van der Waals surface area contributed by atoms with Crippen molar-refractivity contribution in [3.63, 3.8) is 0 Å². The predicted molar refractivity (Wildman–Crippen MR) is 62.6 cm³/mol. The number of sulfonamides is 1. The first-order chi connectivity index (χ1) is 6.94. The van der Waals surface area contributed by atoms with E-state index in [1.807, 2.05) is 0 Å². The molecule has 0 unspecified atom stereocenters. The molecule has 0 heterocycles. The van der Waals surface area contributed by atoms with Gasteiger partial charge in [0.1, 0.15) is 6.04 Å². The third-order valence-electron chi connectivity index (χ3n) is 1.86. The molecule has 16 heavy (non-hydrogen) atoms. The second kappa shape index (κ2) is 5.14. The lowest BCUT2D eigenvalue weighted by molar-refractivity contribution is -0.140. The van der Waals surface area contributed by atoms with E-state index >= 15 is 0 Å². The van der Waals surface area contributed by atoms with E-state index in [4.69, 9.17) is 5.11 Å². The third kappa shape index (κ3) is 6.07. The van der Waals surface area contributed by atoms with Crippen LogP contribution in [0, 0.1) is 11.3 Å². The Labute approximate surface area is 97.3 Å². The Hall–Kier alpha value is -0.620. The van der Waals surface area contributed by atoms with Crippen LogP contribution in [0.1, 0.15) is 34.6 Å². The fourth-order valence-corrected chi connectivity index (χ4v) is 3.26. The average Bonchev–Trinajstić information content (AvgIpc) is 1.94. The minimum Gasteiger partial charge on any atom is -0.480 e. The van der Waals surface area contributed by atoms with Crippen molar-refractivity contribution in [3.8, 4) is 0 Å². The van der Waals surface area contributed by atoms with Crippen molar-refractivity contribution in [1.29, 1.82) is 0 Å². The fourth-order valence-electron chi connectivity index (χ4n) is 1.28. The third-order valence-corrected chi connectivity index (χ3v) is 3.72. The minimum atomic E-state index is -3.56. The van der Waals surface area contributed by atoms with E-state index in [1.54, 1.807) is 34.6 Å². The summed E-state index contributed by atoms with van der Waals surface area (Å²) >= 11 is 0. The Kier molecular flexibility index (Phi) is 4.94.